The molecule has 1 atom stereocenters. The van der Waals surface area contributed by atoms with Crippen LogP contribution in [0.15, 0.2) is 30.3 Å². The second-order valence-corrected chi connectivity index (χ2v) is 4.86. The van der Waals surface area contributed by atoms with Crippen molar-refractivity contribution in [2.24, 2.45) is 5.41 Å². The molecule has 0 radical (unpaired) electrons. The van der Waals surface area contributed by atoms with Gasteiger partial charge < -0.3 is 10.4 Å². The Hall–Kier alpha value is -1.37. The van der Waals surface area contributed by atoms with Crippen LogP contribution >= 0.6 is 0 Å². The lowest BCUT2D eigenvalue weighted by molar-refractivity contribution is 0.237. The van der Waals surface area contributed by atoms with Gasteiger partial charge in [-0.3, -0.25) is 0 Å². The van der Waals surface area contributed by atoms with Crippen molar-refractivity contribution in [3.63, 3.8) is 0 Å². The monoisotopic (exact) mass is 230 g/mol. The summed E-state index contributed by atoms with van der Waals surface area (Å²) in [5, 5.41) is 21.5. The van der Waals surface area contributed by atoms with Gasteiger partial charge in [0.15, 0.2) is 0 Å². The first-order valence-corrected chi connectivity index (χ1v) is 6.06. The number of rotatable bonds is 6. The molecule has 1 aromatic rings. The Bertz CT molecular complexity index is 392. The maximum absolute atomic E-state index is 9.40. The van der Waals surface area contributed by atoms with Crippen LogP contribution in [0.5, 0.6) is 0 Å². The summed E-state index contributed by atoms with van der Waals surface area (Å²) in [4.78, 5) is 0. The summed E-state index contributed by atoms with van der Waals surface area (Å²) < 4.78 is 0. The fourth-order valence-corrected chi connectivity index (χ4v) is 2.07. The van der Waals surface area contributed by atoms with Gasteiger partial charge in [0.05, 0.1) is 18.7 Å². The highest BCUT2D eigenvalue weighted by atomic mass is 16.3. The van der Waals surface area contributed by atoms with Gasteiger partial charge in [-0.25, -0.2) is 0 Å². The van der Waals surface area contributed by atoms with E-state index in [1.54, 1.807) is 0 Å². The van der Waals surface area contributed by atoms with E-state index in [0.29, 0.717) is 6.42 Å². The predicted octanol–water partition coefficient (Wildman–Crippen LogP) is 2.00. The average molecular weight is 230 g/mol. The van der Waals surface area contributed by atoms with E-state index in [-0.39, 0.29) is 18.1 Å². The van der Waals surface area contributed by atoms with Gasteiger partial charge >= 0.3 is 0 Å². The number of nitrogens with one attached hydrogen (secondary N) is 1. The predicted molar refractivity (Wildman–Crippen MR) is 66.2 cm³/mol. The molecule has 17 heavy (non-hydrogen) atoms. The average Bonchev–Trinajstić information content (AvgIpc) is 3.12. The molecule has 1 saturated carbocycles. The minimum atomic E-state index is -0.0210. The number of aliphatic hydroxyl groups is 1. The van der Waals surface area contributed by atoms with Crippen molar-refractivity contribution in [3.8, 4) is 6.07 Å². The zero-order valence-electron chi connectivity index (χ0n) is 9.89. The first kappa shape index (κ1) is 12.1. The minimum absolute atomic E-state index is 0.0210. The third-order valence-corrected chi connectivity index (χ3v) is 3.52. The van der Waals surface area contributed by atoms with Gasteiger partial charge in [-0.15, -0.1) is 0 Å². The molecule has 1 aromatic carbocycles. The van der Waals surface area contributed by atoms with E-state index in [0.717, 1.165) is 24.9 Å². The zero-order chi connectivity index (χ0) is 12.1. The Kier molecular flexibility index (Phi) is 3.78. The highest BCUT2D eigenvalue weighted by Crippen LogP contribution is 2.48. The summed E-state index contributed by atoms with van der Waals surface area (Å²) in [7, 11) is 0. The van der Waals surface area contributed by atoms with Gasteiger partial charge in [-0.1, -0.05) is 30.3 Å². The Labute approximate surface area is 102 Å². The van der Waals surface area contributed by atoms with Crippen molar-refractivity contribution in [1.82, 2.24) is 5.32 Å². The van der Waals surface area contributed by atoms with Crippen molar-refractivity contribution in [3.05, 3.63) is 35.9 Å². The number of hydrogen-bond donors (Lipinski definition) is 2. The van der Waals surface area contributed by atoms with E-state index in [9.17, 15) is 5.11 Å². The molecule has 1 fully saturated rings. The van der Waals surface area contributed by atoms with Crippen molar-refractivity contribution >= 4 is 0 Å². The molecule has 0 heterocycles. The summed E-state index contributed by atoms with van der Waals surface area (Å²) in [6, 6.07) is 12.2. The van der Waals surface area contributed by atoms with E-state index in [2.05, 4.69) is 11.4 Å². The molecule has 1 unspecified atom stereocenters. The molecule has 0 amide bonds. The van der Waals surface area contributed by atoms with Crippen LogP contribution in [0.25, 0.3) is 0 Å². The van der Waals surface area contributed by atoms with Crippen LogP contribution in [0, 0.1) is 16.7 Å². The van der Waals surface area contributed by atoms with Crippen LogP contribution in [0.2, 0.25) is 0 Å². The molecule has 0 bridgehead atoms. The lowest BCUT2D eigenvalue weighted by Crippen LogP contribution is -2.30. The van der Waals surface area contributed by atoms with Gasteiger partial charge in [0.2, 0.25) is 0 Å². The standard InChI is InChI=1S/C14H18N2O/c15-9-8-14(6-7-14)11-16-13(10-17)12-4-2-1-3-5-12/h1-5,13,16-17H,6-8,10-11H2. The molecule has 0 saturated heterocycles. The molecule has 1 aliphatic carbocycles. The van der Waals surface area contributed by atoms with Crippen LogP contribution in [0.3, 0.4) is 0 Å². The maximum Gasteiger partial charge on any atom is 0.0628 e. The van der Waals surface area contributed by atoms with Crippen LogP contribution in [0.4, 0.5) is 0 Å². The first-order chi connectivity index (χ1) is 8.29. The largest absolute Gasteiger partial charge is 0.394 e. The molecule has 1 aliphatic rings. The Balaban J connectivity index is 1.91. The van der Waals surface area contributed by atoms with E-state index in [4.69, 9.17) is 5.26 Å². The fraction of sp³-hybridized carbons (Fsp3) is 0.500. The fourth-order valence-electron chi connectivity index (χ4n) is 2.07. The van der Waals surface area contributed by atoms with E-state index in [1.165, 1.54) is 0 Å². The molecule has 3 heteroatoms. The Morgan fingerprint density at radius 1 is 1.35 bits per heavy atom. The molecule has 0 aliphatic heterocycles. The van der Waals surface area contributed by atoms with Gasteiger partial charge in [0.25, 0.3) is 0 Å². The van der Waals surface area contributed by atoms with Crippen LogP contribution in [0.1, 0.15) is 30.9 Å². The third kappa shape index (κ3) is 3.06. The van der Waals surface area contributed by atoms with Gasteiger partial charge in [-0.05, 0) is 23.8 Å². The molecule has 2 rings (SSSR count). The smallest absolute Gasteiger partial charge is 0.0628 e. The number of nitrogens with zero attached hydrogens (tertiary/aromatic N) is 1. The van der Waals surface area contributed by atoms with E-state index in [1.807, 2.05) is 30.3 Å². The molecule has 3 nitrogen and oxygen atoms in total. The topological polar surface area (TPSA) is 56.0 Å². The summed E-state index contributed by atoms with van der Waals surface area (Å²) >= 11 is 0. The zero-order valence-corrected chi connectivity index (χ0v) is 9.89. The van der Waals surface area contributed by atoms with Crippen LogP contribution in [-0.4, -0.2) is 18.3 Å². The number of aliphatic hydroxyl groups excluding tert-OH is 1. The van der Waals surface area contributed by atoms with Crippen molar-refractivity contribution < 1.29 is 5.11 Å². The molecular formula is C14H18N2O. The van der Waals surface area contributed by atoms with Crippen molar-refractivity contribution in [2.75, 3.05) is 13.2 Å². The molecule has 0 spiro atoms. The normalized spacial score (nSPS) is 18.4. The first-order valence-electron chi connectivity index (χ1n) is 6.06. The van der Waals surface area contributed by atoms with Crippen LogP contribution in [-0.2, 0) is 0 Å². The number of hydrogen-bond acceptors (Lipinski definition) is 3. The maximum atomic E-state index is 9.40. The Morgan fingerprint density at radius 2 is 2.06 bits per heavy atom. The lowest BCUT2D eigenvalue weighted by Gasteiger charge is -2.20. The molecule has 0 aromatic heterocycles. The molecule has 2 N–H and O–H groups in total. The highest BCUT2D eigenvalue weighted by Gasteiger charge is 2.42. The minimum Gasteiger partial charge on any atom is -0.394 e. The molecular weight excluding hydrogens is 212 g/mol. The quantitative estimate of drug-likeness (QED) is 0.786. The second-order valence-electron chi connectivity index (χ2n) is 4.86. The van der Waals surface area contributed by atoms with Gasteiger partial charge in [-0.2, -0.15) is 5.26 Å². The lowest BCUT2D eigenvalue weighted by atomic mass is 10.0. The van der Waals surface area contributed by atoms with E-state index < -0.39 is 0 Å². The summed E-state index contributed by atoms with van der Waals surface area (Å²) in [5.41, 5.74) is 1.28. The van der Waals surface area contributed by atoms with Crippen molar-refractivity contribution in [1.29, 1.82) is 5.26 Å². The summed E-state index contributed by atoms with van der Waals surface area (Å²) in [6.45, 7) is 0.910. The van der Waals surface area contributed by atoms with E-state index >= 15 is 0 Å². The summed E-state index contributed by atoms with van der Waals surface area (Å²) in [6.07, 6.45) is 2.87. The summed E-state index contributed by atoms with van der Waals surface area (Å²) in [5.74, 6) is 0. The second kappa shape index (κ2) is 5.31. The highest BCUT2D eigenvalue weighted by molar-refractivity contribution is 5.19. The molecule has 90 valence electrons. The Morgan fingerprint density at radius 3 is 2.59 bits per heavy atom. The van der Waals surface area contributed by atoms with Gasteiger partial charge in [0.1, 0.15) is 0 Å². The number of benzene rings is 1. The van der Waals surface area contributed by atoms with Crippen LogP contribution < -0.4 is 5.32 Å². The van der Waals surface area contributed by atoms with Gasteiger partial charge in [0, 0.05) is 13.0 Å². The third-order valence-electron chi connectivity index (χ3n) is 3.52. The van der Waals surface area contributed by atoms with Crippen molar-refractivity contribution in [2.45, 2.75) is 25.3 Å². The number of nitriles is 1. The SMILES string of the molecule is N#CCC1(CNC(CO)c2ccccc2)CC1.